The first kappa shape index (κ1) is 85.9. The van der Waals surface area contributed by atoms with E-state index in [-0.39, 0.29) is 95.5 Å². The standard InChI is InChI=1S/C69H122N12O16S/c1-24-26-28-45(13)58(82)57-61(85)71-49(25-2)63(87)77(21)54(39-98(95,96)34-27-29-81(94)30-32-97-33-31-81)66(90)73(17)50(35-40(3)4)60(84)72-55(43(9)10)68(92)76(20)53-38-46(14)80(67(53)91)48(16)59(83)70-47(15)62(86)74(18)51(36-41(5)6)64(88)75(19)52(37-42(7)8)65(89)78(22)56(44(11)12)69(93)79(57)23/h24,26,40-58,82H,25,27-39H2,1-23H3,(H,70,83)(H,71,85)(H,72,84)/b26-24+/t45-,46?,47-,48+,49+,50+,51+,52+,53+,54-,55+,56+,57+,58-/m1/s1. The van der Waals surface area contributed by atoms with Crippen LogP contribution in [0.1, 0.15) is 156 Å². The van der Waals surface area contributed by atoms with Crippen LogP contribution < -0.4 is 16.0 Å². The van der Waals surface area contributed by atoms with Crippen LogP contribution in [-0.2, 0) is 67.3 Å². The third kappa shape index (κ3) is 22.1. The number of nitrogens with zero attached hydrogens (tertiary/aromatic N) is 9. The first-order valence-electron chi connectivity index (χ1n) is 35.1. The number of nitrogens with one attached hydrogen (secondary N) is 3. The van der Waals surface area contributed by atoms with Crippen LogP contribution in [0.25, 0.3) is 0 Å². The Labute approximate surface area is 584 Å². The van der Waals surface area contributed by atoms with Crippen molar-refractivity contribution in [2.75, 3.05) is 93.7 Å². The van der Waals surface area contributed by atoms with E-state index in [9.17, 15) is 42.7 Å². The van der Waals surface area contributed by atoms with Crippen LogP contribution in [0.5, 0.6) is 0 Å². The molecule has 0 aromatic rings. The number of carbonyl (C=O) groups is 11. The van der Waals surface area contributed by atoms with Gasteiger partial charge in [0, 0.05) is 61.8 Å². The summed E-state index contributed by atoms with van der Waals surface area (Å²) in [5, 5.41) is 34.1. The number of carbonyl (C=O) groups excluding carboxylic acids is 11. The van der Waals surface area contributed by atoms with Gasteiger partial charge in [-0.25, -0.2) is 8.42 Å². The van der Waals surface area contributed by atoms with E-state index in [1.54, 1.807) is 81.4 Å². The van der Waals surface area contributed by atoms with Crippen LogP contribution in [0.15, 0.2) is 12.2 Å². The normalized spacial score (nSPS) is 28.6. The molecule has 3 rings (SSSR count). The Morgan fingerprint density at radius 3 is 1.55 bits per heavy atom. The molecular weight excluding hydrogens is 1280 g/mol. The number of hydrogen-bond donors (Lipinski definition) is 4. The lowest BCUT2D eigenvalue weighted by Crippen LogP contribution is -2.64. The summed E-state index contributed by atoms with van der Waals surface area (Å²) in [5.41, 5.74) is 0. The number of aliphatic hydroxyl groups excluding tert-OH is 1. The summed E-state index contributed by atoms with van der Waals surface area (Å²) in [4.78, 5) is 174. The molecule has 0 aromatic heterocycles. The van der Waals surface area contributed by atoms with Gasteiger partial charge in [-0.2, -0.15) is 0 Å². The van der Waals surface area contributed by atoms with Gasteiger partial charge in [0.2, 0.25) is 65.0 Å². The molecule has 3 aliphatic heterocycles. The third-order valence-electron chi connectivity index (χ3n) is 19.7. The highest BCUT2D eigenvalue weighted by atomic mass is 32.2. The third-order valence-corrected chi connectivity index (χ3v) is 21.5. The number of allylic oxidation sites excluding steroid dienone is 2. The molecular formula is C69H122N12O16S. The number of quaternary nitrogens is 1. The molecule has 4 N–H and O–H groups in total. The molecule has 3 aliphatic rings. The van der Waals surface area contributed by atoms with Gasteiger partial charge in [0.05, 0.1) is 37.4 Å². The molecule has 14 atom stereocenters. The van der Waals surface area contributed by atoms with Crippen LogP contribution in [0, 0.1) is 40.7 Å². The number of likely N-dealkylation sites (N-methyl/N-ethyl adjacent to an activating group) is 7. The number of morpholine rings is 1. The molecule has 11 amide bonds. The average Bonchev–Trinajstić information content (AvgIpc) is 1.46. The summed E-state index contributed by atoms with van der Waals surface area (Å²) in [6, 6.07) is -15.8. The van der Waals surface area contributed by atoms with Gasteiger partial charge in [0.15, 0.2) is 9.84 Å². The molecule has 28 nitrogen and oxygen atoms in total. The summed E-state index contributed by atoms with van der Waals surface area (Å²) in [6.45, 7) is 27.8. The van der Waals surface area contributed by atoms with Crippen molar-refractivity contribution < 1.29 is 75.6 Å². The fourth-order valence-corrected chi connectivity index (χ4v) is 15.0. The van der Waals surface area contributed by atoms with Crippen molar-refractivity contribution in [3.8, 4) is 0 Å². The zero-order chi connectivity index (χ0) is 75.1. The maximum absolute atomic E-state index is 15.4. The number of fused-ring (bicyclic) bond motifs is 2. The van der Waals surface area contributed by atoms with Gasteiger partial charge in [-0.15, -0.1) is 0 Å². The molecule has 29 heteroatoms. The average molecular weight is 1410 g/mol. The van der Waals surface area contributed by atoms with Crippen LogP contribution in [0.3, 0.4) is 0 Å². The van der Waals surface area contributed by atoms with Crippen molar-refractivity contribution in [2.45, 2.75) is 234 Å². The predicted octanol–water partition coefficient (Wildman–Crippen LogP) is 2.25. The number of ether oxygens (including phenoxy) is 1. The molecule has 3 saturated heterocycles. The highest BCUT2D eigenvalue weighted by molar-refractivity contribution is 7.91. The van der Waals surface area contributed by atoms with Crippen molar-refractivity contribution >= 4 is 74.8 Å². The monoisotopic (exact) mass is 1410 g/mol. The SMILES string of the molecule is C/C=C/C[C@@H](C)[C@@H](O)[C@H]1C(=O)N[C@@H](CC)C(=O)N(C)[C@H](CS(=O)(=O)CCC[N+]2([O-])CCOCC2)C(=O)N(C)[C@@H](CC(C)C)C(=O)N[C@@H](C(C)C)C(=O)N(C)[C@H]2CC(C)N(C2=O)[C@@H](C)C(=O)N[C@H](C)C(=O)N(C)[C@@H](CC(C)C)C(=O)N(C)[C@@H](CC(C)C)C(=O)N(C)[C@@H](C(C)C)C(=O)N1C. The maximum Gasteiger partial charge on any atom is 0.246 e. The fourth-order valence-electron chi connectivity index (χ4n) is 13.5. The lowest BCUT2D eigenvalue weighted by Gasteiger charge is -2.45. The lowest BCUT2D eigenvalue weighted by molar-refractivity contribution is -0.888. The Hall–Kier alpha value is -6.30. The zero-order valence-electron chi connectivity index (χ0n) is 63.0. The van der Waals surface area contributed by atoms with E-state index in [1.165, 1.54) is 87.7 Å². The number of rotatable bonds is 19. The Morgan fingerprint density at radius 1 is 0.571 bits per heavy atom. The Morgan fingerprint density at radius 2 is 1.05 bits per heavy atom. The van der Waals surface area contributed by atoms with Crippen molar-refractivity contribution in [2.24, 2.45) is 35.5 Å². The van der Waals surface area contributed by atoms with Crippen LogP contribution in [0.4, 0.5) is 0 Å². The molecule has 0 aliphatic carbocycles. The summed E-state index contributed by atoms with van der Waals surface area (Å²) in [5.74, 6) is -12.8. The second kappa shape index (κ2) is 37.4. The summed E-state index contributed by atoms with van der Waals surface area (Å²) in [7, 11) is 5.07. The molecule has 2 bridgehead atoms. The van der Waals surface area contributed by atoms with Gasteiger partial charge in [-0.05, 0) is 102 Å². The second-order valence-electron chi connectivity index (χ2n) is 29.8. The predicted molar refractivity (Wildman–Crippen MR) is 373 cm³/mol. The molecule has 98 heavy (non-hydrogen) atoms. The van der Waals surface area contributed by atoms with E-state index < -0.39 is 187 Å². The van der Waals surface area contributed by atoms with Gasteiger partial charge in [0.25, 0.3) is 0 Å². The summed E-state index contributed by atoms with van der Waals surface area (Å²) in [6.07, 6.45) is 2.08. The van der Waals surface area contributed by atoms with Crippen molar-refractivity contribution in [1.29, 1.82) is 0 Å². The highest BCUT2D eigenvalue weighted by Crippen LogP contribution is 2.29. The van der Waals surface area contributed by atoms with Crippen molar-refractivity contribution in [1.82, 2.24) is 55.1 Å². The lowest BCUT2D eigenvalue weighted by atomic mass is 9.91. The van der Waals surface area contributed by atoms with Gasteiger partial charge in [-0.1, -0.05) is 95.2 Å². The topological polar surface area (TPSA) is 336 Å². The summed E-state index contributed by atoms with van der Waals surface area (Å²) >= 11 is 0. The van der Waals surface area contributed by atoms with E-state index in [0.717, 1.165) is 14.7 Å². The van der Waals surface area contributed by atoms with E-state index in [2.05, 4.69) is 16.0 Å². The largest absolute Gasteiger partial charge is 0.633 e. The molecule has 3 heterocycles. The van der Waals surface area contributed by atoms with Crippen LogP contribution >= 0.6 is 0 Å². The van der Waals surface area contributed by atoms with Crippen LogP contribution in [0.2, 0.25) is 0 Å². The minimum Gasteiger partial charge on any atom is -0.633 e. The molecule has 0 saturated carbocycles. The van der Waals surface area contributed by atoms with E-state index >= 15 is 28.8 Å². The van der Waals surface area contributed by atoms with Crippen molar-refractivity contribution in [3.05, 3.63) is 17.4 Å². The quantitative estimate of drug-likeness (QED) is 0.0819. The molecule has 560 valence electrons. The van der Waals surface area contributed by atoms with Crippen molar-refractivity contribution in [3.63, 3.8) is 0 Å². The number of sulfone groups is 1. The van der Waals surface area contributed by atoms with Gasteiger partial charge in [-0.3, -0.25) is 52.7 Å². The molecule has 1 unspecified atom stereocenters. The Bertz CT molecular complexity index is 2920. The smallest absolute Gasteiger partial charge is 0.246 e. The minimum atomic E-state index is -4.36. The van der Waals surface area contributed by atoms with Gasteiger partial charge >= 0.3 is 0 Å². The number of hydrogen-bond acceptors (Lipinski definition) is 16. The molecule has 0 aromatic carbocycles. The number of hydroxylamine groups is 3. The molecule has 3 fully saturated rings. The first-order valence-corrected chi connectivity index (χ1v) is 36.9. The zero-order valence-corrected chi connectivity index (χ0v) is 63.8. The number of amides is 11. The van der Waals surface area contributed by atoms with Crippen LogP contribution in [-0.4, -0.2) is 295 Å². The Balaban J connectivity index is 2.41. The highest BCUT2D eigenvalue weighted by Gasteiger charge is 2.49. The fraction of sp³-hybridized carbons (Fsp3) is 0.812. The first-order chi connectivity index (χ1) is 45.3. The molecule has 0 radical (unpaired) electrons. The second-order valence-corrected chi connectivity index (χ2v) is 32.0. The molecule has 0 spiro atoms. The Kier molecular flexibility index (Phi) is 32.8. The van der Waals surface area contributed by atoms with Gasteiger partial charge in [0.1, 0.15) is 79.5 Å². The van der Waals surface area contributed by atoms with E-state index in [1.807, 2.05) is 27.7 Å². The number of aliphatic hydroxyl groups is 1. The van der Waals surface area contributed by atoms with Gasteiger partial charge < -0.3 is 74.8 Å². The van der Waals surface area contributed by atoms with E-state index in [4.69, 9.17) is 4.74 Å². The minimum absolute atomic E-state index is 0.0365. The summed E-state index contributed by atoms with van der Waals surface area (Å²) < 4.78 is 33.6. The van der Waals surface area contributed by atoms with E-state index in [0.29, 0.717) is 0 Å². The maximum atomic E-state index is 15.4.